The van der Waals surface area contributed by atoms with Crippen molar-refractivity contribution in [1.29, 1.82) is 0 Å². The minimum atomic E-state index is -2.01. The molecule has 0 saturated heterocycles. The second kappa shape index (κ2) is 10.0. The number of carbonyl (C=O) groups is 2. The van der Waals surface area contributed by atoms with Crippen LogP contribution in [0, 0.1) is 0 Å². The number of carbonyl (C=O) groups excluding carboxylic acids is 2. The molecule has 0 radical (unpaired) electrons. The summed E-state index contributed by atoms with van der Waals surface area (Å²) >= 11 is 0. The van der Waals surface area contributed by atoms with Crippen LogP contribution in [0.15, 0.2) is 84.9 Å². The number of rotatable bonds is 8. The van der Waals surface area contributed by atoms with E-state index >= 15 is 0 Å². The van der Waals surface area contributed by atoms with Crippen molar-refractivity contribution in [3.8, 4) is 0 Å². The van der Waals surface area contributed by atoms with Crippen molar-refractivity contribution in [2.24, 2.45) is 0 Å². The fourth-order valence-electron chi connectivity index (χ4n) is 3.32. The lowest BCUT2D eigenvalue weighted by Crippen LogP contribution is -2.39. The molecule has 0 heterocycles. The number of nitrogens with one attached hydrogen (secondary N) is 1. The molecule has 3 aromatic rings. The first-order valence-electron chi connectivity index (χ1n) is 10.4. The zero-order valence-corrected chi connectivity index (χ0v) is 17.7. The third-order valence-electron chi connectivity index (χ3n) is 5.39. The summed E-state index contributed by atoms with van der Waals surface area (Å²) in [6, 6.07) is 24.7. The third-order valence-corrected chi connectivity index (χ3v) is 5.39. The van der Waals surface area contributed by atoms with E-state index in [0.717, 1.165) is 6.42 Å². The van der Waals surface area contributed by atoms with Gasteiger partial charge in [0.15, 0.2) is 6.61 Å². The summed E-state index contributed by atoms with van der Waals surface area (Å²) in [4.78, 5) is 25.2. The number of hydrogen-bond donors (Lipinski definition) is 2. The van der Waals surface area contributed by atoms with Crippen molar-refractivity contribution in [2.45, 2.75) is 31.8 Å². The van der Waals surface area contributed by atoms with Crippen LogP contribution in [0.2, 0.25) is 0 Å². The van der Waals surface area contributed by atoms with E-state index in [2.05, 4.69) is 19.2 Å². The molecule has 0 aromatic heterocycles. The highest BCUT2D eigenvalue weighted by molar-refractivity contribution is 5.94. The van der Waals surface area contributed by atoms with Crippen LogP contribution in [0.3, 0.4) is 0 Å². The number of benzene rings is 3. The molecule has 0 aliphatic carbocycles. The average molecular weight is 418 g/mol. The van der Waals surface area contributed by atoms with Crippen LogP contribution >= 0.6 is 0 Å². The van der Waals surface area contributed by atoms with Crippen molar-refractivity contribution in [3.05, 3.63) is 102 Å². The molecule has 160 valence electrons. The van der Waals surface area contributed by atoms with Gasteiger partial charge in [0.25, 0.3) is 5.91 Å². The Morgan fingerprint density at radius 3 is 1.90 bits per heavy atom. The first-order chi connectivity index (χ1) is 14.9. The number of ether oxygens (including phenoxy) is 1. The molecule has 0 saturated carbocycles. The van der Waals surface area contributed by atoms with E-state index in [0.29, 0.717) is 22.7 Å². The van der Waals surface area contributed by atoms with Crippen LogP contribution in [-0.2, 0) is 19.9 Å². The Morgan fingerprint density at radius 1 is 0.903 bits per heavy atom. The predicted octanol–water partition coefficient (Wildman–Crippen LogP) is 4.62. The maximum Gasteiger partial charge on any atom is 0.348 e. The third kappa shape index (κ3) is 5.19. The van der Waals surface area contributed by atoms with Gasteiger partial charge in [0.2, 0.25) is 5.60 Å². The zero-order valence-electron chi connectivity index (χ0n) is 17.7. The Balaban J connectivity index is 1.69. The van der Waals surface area contributed by atoms with Crippen LogP contribution < -0.4 is 5.32 Å². The zero-order chi connectivity index (χ0) is 22.3. The molecule has 31 heavy (non-hydrogen) atoms. The van der Waals surface area contributed by atoms with Crippen LogP contribution in [0.1, 0.15) is 42.9 Å². The van der Waals surface area contributed by atoms with Gasteiger partial charge in [-0.25, -0.2) is 4.79 Å². The van der Waals surface area contributed by atoms with Crippen LogP contribution in [-0.4, -0.2) is 23.6 Å². The van der Waals surface area contributed by atoms with Gasteiger partial charge in [-0.1, -0.05) is 86.6 Å². The monoisotopic (exact) mass is 417 g/mol. The molecule has 5 heteroatoms. The van der Waals surface area contributed by atoms with Gasteiger partial charge in [0.1, 0.15) is 0 Å². The molecule has 0 aliphatic rings. The smallest absolute Gasteiger partial charge is 0.348 e. The predicted molar refractivity (Wildman–Crippen MR) is 121 cm³/mol. The number of esters is 1. The number of aliphatic hydroxyl groups is 1. The fourth-order valence-corrected chi connectivity index (χ4v) is 3.32. The number of hydrogen-bond acceptors (Lipinski definition) is 4. The van der Waals surface area contributed by atoms with Gasteiger partial charge < -0.3 is 15.2 Å². The Labute approximate surface area is 182 Å². The van der Waals surface area contributed by atoms with E-state index in [4.69, 9.17) is 4.74 Å². The summed E-state index contributed by atoms with van der Waals surface area (Å²) in [5.41, 5.74) is 0.539. The normalized spacial score (nSPS) is 12.1. The second-order valence-electron chi connectivity index (χ2n) is 7.50. The van der Waals surface area contributed by atoms with Crippen LogP contribution in [0.25, 0.3) is 0 Å². The van der Waals surface area contributed by atoms with Crippen molar-refractivity contribution in [2.75, 3.05) is 11.9 Å². The lowest BCUT2D eigenvalue weighted by molar-refractivity contribution is -0.163. The van der Waals surface area contributed by atoms with Gasteiger partial charge in [-0.15, -0.1) is 0 Å². The first-order valence-corrected chi connectivity index (χ1v) is 10.4. The SMILES string of the molecule is CC[C@@H](C)c1ccc(NC(=O)COC(=O)C(O)(c2ccccc2)c2ccccc2)cc1. The minimum absolute atomic E-state index is 0.368. The highest BCUT2D eigenvalue weighted by Gasteiger charge is 2.41. The van der Waals surface area contributed by atoms with E-state index in [1.165, 1.54) is 5.56 Å². The van der Waals surface area contributed by atoms with E-state index in [9.17, 15) is 14.7 Å². The van der Waals surface area contributed by atoms with Crippen molar-refractivity contribution >= 4 is 17.6 Å². The summed E-state index contributed by atoms with van der Waals surface area (Å²) in [5, 5.41) is 14.0. The maximum atomic E-state index is 12.9. The van der Waals surface area contributed by atoms with Crippen LogP contribution in [0.5, 0.6) is 0 Å². The topological polar surface area (TPSA) is 75.6 Å². The molecule has 0 fully saturated rings. The molecule has 2 N–H and O–H groups in total. The van der Waals surface area contributed by atoms with Gasteiger partial charge in [0.05, 0.1) is 0 Å². The highest BCUT2D eigenvalue weighted by atomic mass is 16.6. The van der Waals surface area contributed by atoms with Gasteiger partial charge in [0, 0.05) is 5.69 Å². The van der Waals surface area contributed by atoms with Gasteiger partial charge in [-0.2, -0.15) is 0 Å². The number of amides is 1. The Morgan fingerprint density at radius 2 is 1.42 bits per heavy atom. The Hall–Kier alpha value is -3.44. The summed E-state index contributed by atoms with van der Waals surface area (Å²) in [6.45, 7) is 3.77. The van der Waals surface area contributed by atoms with E-state index in [1.54, 1.807) is 60.7 Å². The standard InChI is InChI=1S/C26H27NO4/c1-3-19(2)20-14-16-23(17-15-20)27-24(28)18-31-25(29)26(30,21-10-6-4-7-11-21)22-12-8-5-9-13-22/h4-17,19,30H,3,18H2,1-2H3,(H,27,28)/t19-/m1/s1. The average Bonchev–Trinajstić information content (AvgIpc) is 2.83. The molecular weight excluding hydrogens is 390 g/mol. The van der Waals surface area contributed by atoms with Crippen molar-refractivity contribution < 1.29 is 19.4 Å². The lowest BCUT2D eigenvalue weighted by Gasteiger charge is -2.27. The molecule has 1 atom stereocenters. The van der Waals surface area contributed by atoms with Gasteiger partial charge in [-0.3, -0.25) is 4.79 Å². The van der Waals surface area contributed by atoms with Crippen LogP contribution in [0.4, 0.5) is 5.69 Å². The maximum absolute atomic E-state index is 12.9. The second-order valence-corrected chi connectivity index (χ2v) is 7.50. The molecule has 3 rings (SSSR count). The van der Waals surface area contributed by atoms with Crippen molar-refractivity contribution in [1.82, 2.24) is 0 Å². The van der Waals surface area contributed by atoms with Gasteiger partial charge in [-0.05, 0) is 41.2 Å². The lowest BCUT2D eigenvalue weighted by atomic mass is 9.86. The van der Waals surface area contributed by atoms with E-state index < -0.39 is 24.1 Å². The fraction of sp³-hybridized carbons (Fsp3) is 0.231. The quantitative estimate of drug-likeness (QED) is 0.525. The molecule has 3 aromatic carbocycles. The van der Waals surface area contributed by atoms with Gasteiger partial charge >= 0.3 is 5.97 Å². The molecule has 0 spiro atoms. The Bertz CT molecular complexity index is 961. The van der Waals surface area contributed by atoms with E-state index in [1.807, 2.05) is 24.3 Å². The summed E-state index contributed by atoms with van der Waals surface area (Å²) < 4.78 is 5.23. The molecule has 0 aliphatic heterocycles. The molecular formula is C26H27NO4. The summed E-state index contributed by atoms with van der Waals surface area (Å²) in [5.74, 6) is -0.945. The molecule has 1 amide bonds. The molecule has 5 nitrogen and oxygen atoms in total. The first kappa shape index (κ1) is 22.2. The van der Waals surface area contributed by atoms with E-state index in [-0.39, 0.29) is 0 Å². The number of anilines is 1. The van der Waals surface area contributed by atoms with Crippen molar-refractivity contribution in [3.63, 3.8) is 0 Å². The molecule has 0 unspecified atom stereocenters. The highest BCUT2D eigenvalue weighted by Crippen LogP contribution is 2.31. The Kier molecular flexibility index (Phi) is 7.21. The summed E-state index contributed by atoms with van der Waals surface area (Å²) in [6.07, 6.45) is 1.04. The minimum Gasteiger partial charge on any atom is -0.453 e. The largest absolute Gasteiger partial charge is 0.453 e. The summed E-state index contributed by atoms with van der Waals surface area (Å²) in [7, 11) is 0. The molecule has 0 bridgehead atoms.